The molecule has 1 heterocycles. The molecular weight excluding hydrogens is 302 g/mol. The predicted octanol–water partition coefficient (Wildman–Crippen LogP) is 4.33. The van der Waals surface area contributed by atoms with Gasteiger partial charge in [0.05, 0.1) is 11.1 Å². The Hall–Kier alpha value is -2.88. The molecule has 0 unspecified atom stereocenters. The zero-order valence-electron chi connectivity index (χ0n) is 13.9. The summed E-state index contributed by atoms with van der Waals surface area (Å²) >= 11 is 0. The zero-order valence-corrected chi connectivity index (χ0v) is 13.9. The Bertz CT molecular complexity index is 928. The first-order valence-corrected chi connectivity index (χ1v) is 7.77. The fourth-order valence-electron chi connectivity index (χ4n) is 2.77. The Morgan fingerprint density at radius 3 is 2.17 bits per heavy atom. The van der Waals surface area contributed by atoms with Crippen LogP contribution in [0.1, 0.15) is 47.1 Å². The number of carboxylic acids is 1. The molecule has 3 rings (SSSR count). The van der Waals surface area contributed by atoms with Gasteiger partial charge in [-0.3, -0.25) is 9.36 Å². The Morgan fingerprint density at radius 2 is 1.58 bits per heavy atom. The minimum Gasteiger partial charge on any atom is -0.478 e. The summed E-state index contributed by atoms with van der Waals surface area (Å²) in [5.74, 6) is -1.28. The fraction of sp³-hybridized carbons (Fsp3) is 0.200. The summed E-state index contributed by atoms with van der Waals surface area (Å²) in [5.41, 5.74) is 2.41. The number of aromatic carboxylic acids is 1. The van der Waals surface area contributed by atoms with E-state index in [4.69, 9.17) is 0 Å². The summed E-state index contributed by atoms with van der Waals surface area (Å²) in [4.78, 5) is 24.2. The topological polar surface area (TPSA) is 59.3 Å². The first-order chi connectivity index (χ1) is 11.3. The van der Waals surface area contributed by atoms with Crippen molar-refractivity contribution < 1.29 is 14.7 Å². The van der Waals surface area contributed by atoms with Crippen molar-refractivity contribution in [3.8, 4) is 0 Å². The molecule has 4 heteroatoms. The SMILES string of the molecule is CC(C)(C)c1ccc(C(=O)n2cc(C(=O)O)c3ccccc32)cc1. The Balaban J connectivity index is 2.08. The number of rotatable bonds is 2. The van der Waals surface area contributed by atoms with Gasteiger partial charge < -0.3 is 5.11 Å². The summed E-state index contributed by atoms with van der Waals surface area (Å²) in [6.07, 6.45) is 1.40. The minimum absolute atomic E-state index is 0.0121. The van der Waals surface area contributed by atoms with E-state index in [1.165, 1.54) is 10.8 Å². The summed E-state index contributed by atoms with van der Waals surface area (Å²) in [5, 5.41) is 9.91. The van der Waals surface area contributed by atoms with Crippen LogP contribution >= 0.6 is 0 Å². The van der Waals surface area contributed by atoms with Gasteiger partial charge in [0.1, 0.15) is 0 Å². The molecule has 0 aliphatic rings. The van der Waals surface area contributed by atoms with Crippen LogP contribution in [0.25, 0.3) is 10.9 Å². The number of aromatic nitrogens is 1. The van der Waals surface area contributed by atoms with Gasteiger partial charge in [-0.2, -0.15) is 0 Å². The number of nitrogens with zero attached hydrogens (tertiary/aromatic N) is 1. The molecule has 0 aliphatic heterocycles. The summed E-state index contributed by atoms with van der Waals surface area (Å²) in [6.45, 7) is 6.34. The fourth-order valence-corrected chi connectivity index (χ4v) is 2.77. The highest BCUT2D eigenvalue weighted by Crippen LogP contribution is 2.25. The van der Waals surface area contributed by atoms with Gasteiger partial charge in [-0.15, -0.1) is 0 Å². The number of hydrogen-bond acceptors (Lipinski definition) is 2. The standard InChI is InChI=1S/C20H19NO3/c1-20(2,3)14-10-8-13(9-11-14)18(22)21-12-16(19(23)24)15-6-4-5-7-17(15)21/h4-12H,1-3H3,(H,23,24). The Morgan fingerprint density at radius 1 is 0.958 bits per heavy atom. The van der Waals surface area contributed by atoms with Crippen molar-refractivity contribution in [3.05, 3.63) is 71.4 Å². The number of carboxylic acid groups (broad SMARTS) is 1. The van der Waals surface area contributed by atoms with E-state index in [0.29, 0.717) is 16.5 Å². The van der Waals surface area contributed by atoms with Crippen molar-refractivity contribution in [3.63, 3.8) is 0 Å². The molecule has 1 N–H and O–H groups in total. The number of fused-ring (bicyclic) bond motifs is 1. The lowest BCUT2D eigenvalue weighted by atomic mass is 9.87. The number of para-hydroxylation sites is 1. The molecule has 0 saturated carbocycles. The minimum atomic E-state index is -1.04. The van der Waals surface area contributed by atoms with Gasteiger partial charge in [-0.25, -0.2) is 4.79 Å². The van der Waals surface area contributed by atoms with Crippen molar-refractivity contribution in [1.82, 2.24) is 4.57 Å². The van der Waals surface area contributed by atoms with Crippen LogP contribution in [-0.4, -0.2) is 21.6 Å². The van der Waals surface area contributed by atoms with Gasteiger partial charge in [-0.05, 0) is 29.2 Å². The second kappa shape index (κ2) is 5.64. The maximum Gasteiger partial charge on any atom is 0.337 e. The van der Waals surface area contributed by atoms with Crippen molar-refractivity contribution in [2.75, 3.05) is 0 Å². The summed E-state index contributed by atoms with van der Waals surface area (Å²) < 4.78 is 1.41. The van der Waals surface area contributed by atoms with Gasteiger partial charge >= 0.3 is 5.97 Å². The third kappa shape index (κ3) is 2.71. The van der Waals surface area contributed by atoms with Crippen LogP contribution in [0, 0.1) is 0 Å². The first kappa shape index (κ1) is 16.0. The molecule has 0 radical (unpaired) electrons. The molecule has 2 aromatic carbocycles. The van der Waals surface area contributed by atoms with Crippen LogP contribution in [-0.2, 0) is 5.41 Å². The van der Waals surface area contributed by atoms with E-state index in [1.807, 2.05) is 12.1 Å². The quantitative estimate of drug-likeness (QED) is 0.764. The second-order valence-electron chi connectivity index (χ2n) is 6.87. The maximum atomic E-state index is 12.8. The van der Waals surface area contributed by atoms with E-state index < -0.39 is 5.97 Å². The molecule has 24 heavy (non-hydrogen) atoms. The van der Waals surface area contributed by atoms with Crippen LogP contribution < -0.4 is 0 Å². The molecule has 4 nitrogen and oxygen atoms in total. The van der Waals surface area contributed by atoms with E-state index >= 15 is 0 Å². The average Bonchev–Trinajstić information content (AvgIpc) is 2.93. The highest BCUT2D eigenvalue weighted by Gasteiger charge is 2.19. The average molecular weight is 321 g/mol. The predicted molar refractivity (Wildman–Crippen MR) is 93.8 cm³/mol. The van der Waals surface area contributed by atoms with Gasteiger partial charge in [0.15, 0.2) is 0 Å². The van der Waals surface area contributed by atoms with Crippen LogP contribution in [0.15, 0.2) is 54.7 Å². The van der Waals surface area contributed by atoms with E-state index in [1.54, 1.807) is 36.4 Å². The smallest absolute Gasteiger partial charge is 0.337 e. The molecule has 0 atom stereocenters. The number of hydrogen-bond donors (Lipinski definition) is 1. The van der Waals surface area contributed by atoms with Crippen molar-refractivity contribution in [1.29, 1.82) is 0 Å². The summed E-state index contributed by atoms with van der Waals surface area (Å²) in [6, 6.07) is 14.5. The van der Waals surface area contributed by atoms with Gasteiger partial charge in [0.2, 0.25) is 0 Å². The van der Waals surface area contributed by atoms with Crippen LogP contribution in [0.5, 0.6) is 0 Å². The molecule has 1 aromatic heterocycles. The number of carbonyl (C=O) groups is 2. The number of carbonyl (C=O) groups excluding carboxylic acids is 1. The lowest BCUT2D eigenvalue weighted by molar-refractivity contribution is 0.0699. The van der Waals surface area contributed by atoms with E-state index in [2.05, 4.69) is 20.8 Å². The molecule has 0 fully saturated rings. The maximum absolute atomic E-state index is 12.8. The van der Waals surface area contributed by atoms with Crippen LogP contribution in [0.4, 0.5) is 0 Å². The van der Waals surface area contributed by atoms with Crippen molar-refractivity contribution in [2.24, 2.45) is 0 Å². The van der Waals surface area contributed by atoms with Crippen molar-refractivity contribution in [2.45, 2.75) is 26.2 Å². The zero-order chi connectivity index (χ0) is 17.5. The summed E-state index contributed by atoms with van der Waals surface area (Å²) in [7, 11) is 0. The van der Waals surface area contributed by atoms with Gasteiger partial charge in [0, 0.05) is 17.1 Å². The highest BCUT2D eigenvalue weighted by atomic mass is 16.4. The lowest BCUT2D eigenvalue weighted by Gasteiger charge is -2.19. The van der Waals surface area contributed by atoms with Crippen LogP contribution in [0.2, 0.25) is 0 Å². The van der Waals surface area contributed by atoms with E-state index in [-0.39, 0.29) is 16.9 Å². The third-order valence-electron chi connectivity index (χ3n) is 4.16. The molecule has 0 bridgehead atoms. The van der Waals surface area contributed by atoms with E-state index in [9.17, 15) is 14.7 Å². The molecular formula is C20H19NO3. The highest BCUT2D eigenvalue weighted by molar-refractivity contribution is 6.09. The largest absolute Gasteiger partial charge is 0.478 e. The normalized spacial score (nSPS) is 11.6. The number of benzene rings is 2. The monoisotopic (exact) mass is 321 g/mol. The van der Waals surface area contributed by atoms with Crippen LogP contribution in [0.3, 0.4) is 0 Å². The Labute approximate surface area is 140 Å². The van der Waals surface area contributed by atoms with Gasteiger partial charge in [-0.1, -0.05) is 51.1 Å². The third-order valence-corrected chi connectivity index (χ3v) is 4.16. The molecule has 0 aliphatic carbocycles. The molecule has 3 aromatic rings. The first-order valence-electron chi connectivity index (χ1n) is 7.77. The van der Waals surface area contributed by atoms with E-state index in [0.717, 1.165) is 5.56 Å². The van der Waals surface area contributed by atoms with Crippen molar-refractivity contribution >= 4 is 22.8 Å². The molecule has 122 valence electrons. The molecule has 0 spiro atoms. The molecule has 0 amide bonds. The lowest BCUT2D eigenvalue weighted by Crippen LogP contribution is -2.13. The van der Waals surface area contributed by atoms with Gasteiger partial charge in [0.25, 0.3) is 5.91 Å². The second-order valence-corrected chi connectivity index (χ2v) is 6.87. The Kier molecular flexibility index (Phi) is 3.76. The molecule has 0 saturated heterocycles.